The first-order valence-electron chi connectivity index (χ1n) is 11.2. The van der Waals surface area contributed by atoms with Gasteiger partial charge in [0, 0.05) is 19.5 Å². The van der Waals surface area contributed by atoms with Gasteiger partial charge in [-0.2, -0.15) is 0 Å². The molecule has 0 heterocycles. The van der Waals surface area contributed by atoms with Crippen LogP contribution >= 0.6 is 0 Å². The average molecular weight is 392 g/mol. The summed E-state index contributed by atoms with van der Waals surface area (Å²) in [5.74, 6) is 2.16. The summed E-state index contributed by atoms with van der Waals surface area (Å²) in [6.07, 6.45) is 9.90. The molecule has 2 N–H and O–H groups in total. The van der Waals surface area contributed by atoms with E-state index in [4.69, 9.17) is 0 Å². The van der Waals surface area contributed by atoms with Gasteiger partial charge in [-0.25, -0.2) is 0 Å². The Kier molecular flexibility index (Phi) is 7.00. The van der Waals surface area contributed by atoms with Crippen molar-refractivity contribution in [1.82, 2.24) is 15.5 Å². The van der Waals surface area contributed by atoms with Crippen LogP contribution in [0.5, 0.6) is 0 Å². The summed E-state index contributed by atoms with van der Waals surface area (Å²) in [5, 5.41) is 5.66. The van der Waals surface area contributed by atoms with E-state index in [1.807, 2.05) is 13.8 Å². The van der Waals surface area contributed by atoms with Crippen molar-refractivity contribution >= 4 is 17.7 Å². The van der Waals surface area contributed by atoms with Gasteiger partial charge in [0.05, 0.1) is 13.1 Å². The Morgan fingerprint density at radius 2 is 1.50 bits per heavy atom. The summed E-state index contributed by atoms with van der Waals surface area (Å²) >= 11 is 0. The molecule has 6 heteroatoms. The van der Waals surface area contributed by atoms with Crippen molar-refractivity contribution in [1.29, 1.82) is 0 Å². The minimum atomic E-state index is -0.174. The number of rotatable bonds is 10. The predicted molar refractivity (Wildman–Crippen MR) is 108 cm³/mol. The monoisotopic (exact) mass is 391 g/mol. The molecule has 0 spiro atoms. The molecule has 4 saturated carbocycles. The van der Waals surface area contributed by atoms with Crippen LogP contribution in [0.25, 0.3) is 0 Å². The van der Waals surface area contributed by atoms with E-state index < -0.39 is 0 Å². The van der Waals surface area contributed by atoms with Crippen molar-refractivity contribution in [2.75, 3.05) is 26.2 Å². The van der Waals surface area contributed by atoms with Crippen molar-refractivity contribution in [2.24, 2.45) is 23.2 Å². The number of carbonyl (C=O) groups is 3. The van der Waals surface area contributed by atoms with Crippen LogP contribution in [0.1, 0.15) is 71.6 Å². The molecular formula is C22H37N3O3. The lowest BCUT2D eigenvalue weighted by molar-refractivity contribution is -0.137. The van der Waals surface area contributed by atoms with Crippen molar-refractivity contribution in [3.05, 3.63) is 0 Å². The number of nitrogens with one attached hydrogen (secondary N) is 2. The first-order valence-corrected chi connectivity index (χ1v) is 11.2. The Balaban J connectivity index is 1.46. The number of amides is 3. The van der Waals surface area contributed by atoms with Crippen molar-refractivity contribution in [3.8, 4) is 0 Å². The van der Waals surface area contributed by atoms with E-state index >= 15 is 0 Å². The quantitative estimate of drug-likeness (QED) is 0.600. The zero-order chi connectivity index (χ0) is 20.1. The average Bonchev–Trinajstić information content (AvgIpc) is 2.62. The molecule has 6 nitrogen and oxygen atoms in total. The van der Waals surface area contributed by atoms with Crippen molar-refractivity contribution in [2.45, 2.75) is 71.6 Å². The summed E-state index contributed by atoms with van der Waals surface area (Å²) in [6, 6.07) is 0. The molecule has 4 aliphatic carbocycles. The smallest absolute Gasteiger partial charge is 0.242 e. The van der Waals surface area contributed by atoms with E-state index in [0.29, 0.717) is 19.5 Å². The summed E-state index contributed by atoms with van der Waals surface area (Å²) in [7, 11) is 0. The van der Waals surface area contributed by atoms with Crippen LogP contribution in [0.3, 0.4) is 0 Å². The zero-order valence-corrected chi connectivity index (χ0v) is 17.6. The predicted octanol–water partition coefficient (Wildman–Crippen LogP) is 2.47. The highest BCUT2D eigenvalue weighted by atomic mass is 16.2. The standard InChI is InChI=1S/C22H37N3O3/c1-3-5-23-20(27)15-25(6-4-2)21(28)14-24-19(26)13-22-10-16-7-17(11-22)9-18(8-16)12-22/h16-18H,3-15H2,1-2H3,(H,23,27)(H,24,26). The SMILES string of the molecule is CCCNC(=O)CN(CCC)C(=O)CNC(=O)CC12CC3CC(CC(C3)C1)C2. The van der Waals surface area contributed by atoms with E-state index in [1.165, 1.54) is 38.5 Å². The van der Waals surface area contributed by atoms with Crippen molar-refractivity contribution in [3.63, 3.8) is 0 Å². The molecule has 4 aliphatic rings. The minimum Gasteiger partial charge on any atom is -0.355 e. The van der Waals surface area contributed by atoms with E-state index in [9.17, 15) is 14.4 Å². The fourth-order valence-corrected chi connectivity index (χ4v) is 6.25. The van der Waals surface area contributed by atoms with Gasteiger partial charge in [0.15, 0.2) is 0 Å². The fraction of sp³-hybridized carbons (Fsp3) is 0.864. The summed E-state index contributed by atoms with van der Waals surface area (Å²) in [6.45, 7) is 5.19. The molecule has 28 heavy (non-hydrogen) atoms. The van der Waals surface area contributed by atoms with Crippen LogP contribution < -0.4 is 10.6 Å². The second-order valence-corrected chi connectivity index (χ2v) is 9.54. The molecule has 0 aromatic rings. The molecule has 0 saturated heterocycles. The maximum absolute atomic E-state index is 12.6. The first-order chi connectivity index (χ1) is 13.4. The van der Waals surface area contributed by atoms with E-state index in [2.05, 4.69) is 10.6 Å². The van der Waals surface area contributed by atoms with Gasteiger partial charge in [-0.3, -0.25) is 14.4 Å². The third-order valence-corrected chi connectivity index (χ3v) is 6.89. The Hall–Kier alpha value is -1.59. The maximum atomic E-state index is 12.6. The minimum absolute atomic E-state index is 0.00202. The number of nitrogens with zero attached hydrogens (tertiary/aromatic N) is 1. The Morgan fingerprint density at radius 3 is 2.04 bits per heavy atom. The third kappa shape index (κ3) is 5.26. The second-order valence-electron chi connectivity index (χ2n) is 9.54. The van der Waals surface area contributed by atoms with Gasteiger partial charge in [-0.15, -0.1) is 0 Å². The Bertz CT molecular complexity index is 554. The van der Waals surface area contributed by atoms with Gasteiger partial charge >= 0.3 is 0 Å². The van der Waals surface area contributed by atoms with Crippen LogP contribution in [0, 0.1) is 23.2 Å². The molecule has 0 radical (unpaired) electrons. The summed E-state index contributed by atoms with van der Waals surface area (Å²) in [5.41, 5.74) is 0.186. The van der Waals surface area contributed by atoms with Gasteiger partial charge in [-0.1, -0.05) is 13.8 Å². The molecule has 158 valence electrons. The van der Waals surface area contributed by atoms with Crippen LogP contribution in [0.4, 0.5) is 0 Å². The second kappa shape index (κ2) is 9.27. The molecule has 4 bridgehead atoms. The van der Waals surface area contributed by atoms with E-state index in [0.717, 1.165) is 30.6 Å². The van der Waals surface area contributed by atoms with E-state index in [1.54, 1.807) is 4.90 Å². The van der Waals surface area contributed by atoms with Gasteiger partial charge in [0.2, 0.25) is 17.7 Å². The highest BCUT2D eigenvalue weighted by molar-refractivity contribution is 5.88. The highest BCUT2D eigenvalue weighted by Gasteiger charge is 2.51. The molecule has 0 aromatic heterocycles. The molecule has 0 unspecified atom stereocenters. The maximum Gasteiger partial charge on any atom is 0.242 e. The molecule has 0 aromatic carbocycles. The lowest BCUT2D eigenvalue weighted by Gasteiger charge is -2.56. The summed E-state index contributed by atoms with van der Waals surface area (Å²) < 4.78 is 0. The lowest BCUT2D eigenvalue weighted by atomic mass is 9.49. The number of hydrogen-bond donors (Lipinski definition) is 2. The van der Waals surface area contributed by atoms with Crippen LogP contribution in [-0.4, -0.2) is 48.8 Å². The Labute approximate surface area is 169 Å². The number of carbonyl (C=O) groups excluding carboxylic acids is 3. The Morgan fingerprint density at radius 1 is 0.893 bits per heavy atom. The zero-order valence-electron chi connectivity index (χ0n) is 17.6. The highest BCUT2D eigenvalue weighted by Crippen LogP contribution is 2.61. The van der Waals surface area contributed by atoms with Gasteiger partial charge in [0.1, 0.15) is 0 Å². The number of hydrogen-bond acceptors (Lipinski definition) is 3. The largest absolute Gasteiger partial charge is 0.355 e. The van der Waals surface area contributed by atoms with Crippen LogP contribution in [0.2, 0.25) is 0 Å². The summed E-state index contributed by atoms with van der Waals surface area (Å²) in [4.78, 5) is 38.7. The first kappa shape index (κ1) is 21.1. The fourth-order valence-electron chi connectivity index (χ4n) is 6.25. The normalized spacial score (nSPS) is 30.1. The van der Waals surface area contributed by atoms with Crippen LogP contribution in [0.15, 0.2) is 0 Å². The molecule has 0 atom stereocenters. The third-order valence-electron chi connectivity index (χ3n) is 6.89. The molecule has 4 fully saturated rings. The molecule has 3 amide bonds. The van der Waals surface area contributed by atoms with Crippen LogP contribution in [-0.2, 0) is 14.4 Å². The van der Waals surface area contributed by atoms with Gasteiger partial charge < -0.3 is 15.5 Å². The topological polar surface area (TPSA) is 78.5 Å². The lowest BCUT2D eigenvalue weighted by Crippen LogP contribution is -2.49. The van der Waals surface area contributed by atoms with Gasteiger partial charge in [0.25, 0.3) is 0 Å². The molecule has 4 rings (SSSR count). The van der Waals surface area contributed by atoms with Crippen molar-refractivity contribution < 1.29 is 14.4 Å². The van der Waals surface area contributed by atoms with Gasteiger partial charge in [-0.05, 0) is 74.5 Å². The van der Waals surface area contributed by atoms with E-state index in [-0.39, 0.29) is 36.2 Å². The molecule has 0 aliphatic heterocycles. The molecular weight excluding hydrogens is 354 g/mol.